The summed E-state index contributed by atoms with van der Waals surface area (Å²) in [7, 11) is 0. The predicted octanol–water partition coefficient (Wildman–Crippen LogP) is 3.39. The maximum Gasteiger partial charge on any atom is 0.257 e. The van der Waals surface area contributed by atoms with E-state index >= 15 is 0 Å². The van der Waals surface area contributed by atoms with Crippen LogP contribution < -0.4 is 5.32 Å². The van der Waals surface area contributed by atoms with Crippen LogP contribution in [-0.4, -0.2) is 40.2 Å². The number of halogens is 1. The molecule has 5 rings (SSSR count). The summed E-state index contributed by atoms with van der Waals surface area (Å²) in [5.74, 6) is 1.08. The van der Waals surface area contributed by atoms with E-state index in [0.29, 0.717) is 23.9 Å². The number of hydrogen-bond acceptors (Lipinski definition) is 3. The third-order valence-corrected chi connectivity index (χ3v) is 6.03. The second-order valence-electron chi connectivity index (χ2n) is 7.81. The number of nitrogens with zero attached hydrogens (tertiary/aromatic N) is 3. The van der Waals surface area contributed by atoms with Gasteiger partial charge < -0.3 is 10.2 Å². The number of aromatic nitrogens is 2. The zero-order chi connectivity index (χ0) is 18.9. The topological polar surface area (TPSA) is 50.2 Å². The van der Waals surface area contributed by atoms with E-state index in [1.54, 1.807) is 6.20 Å². The lowest BCUT2D eigenvalue weighted by atomic mass is 9.89. The van der Waals surface area contributed by atoms with Crippen molar-refractivity contribution in [3.05, 3.63) is 89.7 Å². The Morgan fingerprint density at radius 1 is 1.03 bits per heavy atom. The summed E-state index contributed by atoms with van der Waals surface area (Å²) >= 11 is 0. The molecule has 1 N–H and O–H groups in total. The monoisotopic (exact) mass is 408 g/mol. The molecule has 3 atom stereocenters. The van der Waals surface area contributed by atoms with Crippen molar-refractivity contribution in [2.75, 3.05) is 19.6 Å². The minimum atomic E-state index is 0. The quantitative estimate of drug-likeness (QED) is 0.720. The van der Waals surface area contributed by atoms with Gasteiger partial charge in [-0.2, -0.15) is 5.10 Å². The summed E-state index contributed by atoms with van der Waals surface area (Å²) in [6.07, 6.45) is 3.59. The van der Waals surface area contributed by atoms with Gasteiger partial charge in [-0.15, -0.1) is 12.4 Å². The van der Waals surface area contributed by atoms with Gasteiger partial charge in [0.05, 0.1) is 24.3 Å². The van der Waals surface area contributed by atoms with Crippen molar-refractivity contribution < 1.29 is 4.79 Å². The van der Waals surface area contributed by atoms with Gasteiger partial charge in [-0.3, -0.25) is 9.48 Å². The highest BCUT2D eigenvalue weighted by Crippen LogP contribution is 2.43. The number of likely N-dealkylation sites (tertiary alicyclic amines) is 1. The first kappa shape index (κ1) is 19.7. The van der Waals surface area contributed by atoms with Crippen LogP contribution in [0.1, 0.15) is 27.5 Å². The summed E-state index contributed by atoms with van der Waals surface area (Å²) in [6, 6.07) is 20.8. The normalized spacial score (nSPS) is 22.9. The number of carbonyl (C=O) groups is 1. The highest BCUT2D eigenvalue weighted by atomic mass is 35.5. The van der Waals surface area contributed by atoms with Crippen molar-refractivity contribution >= 4 is 18.3 Å². The van der Waals surface area contributed by atoms with E-state index in [-0.39, 0.29) is 24.4 Å². The highest BCUT2D eigenvalue weighted by molar-refractivity contribution is 5.94. The van der Waals surface area contributed by atoms with Crippen molar-refractivity contribution in [1.82, 2.24) is 20.0 Å². The number of nitrogens with one attached hydrogen (secondary N) is 1. The fourth-order valence-corrected chi connectivity index (χ4v) is 4.70. The number of fused-ring (bicyclic) bond motifs is 1. The van der Waals surface area contributed by atoms with Gasteiger partial charge in [0.25, 0.3) is 5.91 Å². The molecular formula is C23H25ClN4O. The van der Waals surface area contributed by atoms with Crippen LogP contribution in [0.3, 0.4) is 0 Å². The molecule has 0 radical (unpaired) electrons. The first-order valence-electron chi connectivity index (χ1n) is 9.92. The minimum absolute atomic E-state index is 0. The molecule has 0 bridgehead atoms. The van der Waals surface area contributed by atoms with Crippen molar-refractivity contribution in [3.8, 4) is 0 Å². The van der Waals surface area contributed by atoms with Crippen LogP contribution in [0.4, 0.5) is 0 Å². The molecule has 2 aliphatic rings. The Bertz CT molecular complexity index is 959. The second-order valence-corrected chi connectivity index (χ2v) is 7.81. The summed E-state index contributed by atoms with van der Waals surface area (Å²) in [6.45, 7) is 3.44. The molecule has 3 heterocycles. The largest absolute Gasteiger partial charge is 0.331 e. The molecule has 1 amide bonds. The van der Waals surface area contributed by atoms with Gasteiger partial charge in [0.1, 0.15) is 0 Å². The van der Waals surface area contributed by atoms with Crippen molar-refractivity contribution in [1.29, 1.82) is 0 Å². The van der Waals surface area contributed by atoms with Gasteiger partial charge in [-0.25, -0.2) is 0 Å². The van der Waals surface area contributed by atoms with Crippen molar-refractivity contribution in [2.24, 2.45) is 11.8 Å². The van der Waals surface area contributed by atoms with Crippen molar-refractivity contribution in [3.63, 3.8) is 0 Å². The molecule has 29 heavy (non-hydrogen) atoms. The molecule has 0 aliphatic carbocycles. The Morgan fingerprint density at radius 2 is 1.76 bits per heavy atom. The van der Waals surface area contributed by atoms with Gasteiger partial charge in [0.15, 0.2) is 0 Å². The molecule has 2 aromatic carbocycles. The number of amides is 1. The molecule has 2 saturated heterocycles. The van der Waals surface area contributed by atoms with E-state index in [2.05, 4.69) is 51.7 Å². The third kappa shape index (κ3) is 3.80. The zero-order valence-corrected chi connectivity index (χ0v) is 17.0. The molecule has 0 saturated carbocycles. The number of hydrogen-bond donors (Lipinski definition) is 1. The van der Waals surface area contributed by atoms with E-state index in [9.17, 15) is 4.79 Å². The lowest BCUT2D eigenvalue weighted by molar-refractivity contribution is 0.0714. The molecule has 3 aromatic rings. The molecular weight excluding hydrogens is 384 g/mol. The van der Waals surface area contributed by atoms with Gasteiger partial charge in [0.2, 0.25) is 0 Å². The van der Waals surface area contributed by atoms with Crippen LogP contribution in [0.15, 0.2) is 73.1 Å². The predicted molar refractivity (Wildman–Crippen MR) is 115 cm³/mol. The van der Waals surface area contributed by atoms with Gasteiger partial charge in [0, 0.05) is 31.7 Å². The fraction of sp³-hybridized carbons (Fsp3) is 0.304. The Hall–Kier alpha value is -2.63. The summed E-state index contributed by atoms with van der Waals surface area (Å²) in [5.41, 5.74) is 3.07. The summed E-state index contributed by atoms with van der Waals surface area (Å²) < 4.78 is 1.85. The second kappa shape index (κ2) is 8.39. The van der Waals surface area contributed by atoms with E-state index in [4.69, 9.17) is 0 Å². The highest BCUT2D eigenvalue weighted by Gasteiger charge is 2.46. The van der Waals surface area contributed by atoms with Crippen molar-refractivity contribution in [2.45, 2.75) is 12.6 Å². The molecule has 1 aromatic heterocycles. The van der Waals surface area contributed by atoms with E-state index in [1.807, 2.05) is 35.1 Å². The molecule has 0 spiro atoms. The maximum absolute atomic E-state index is 13.4. The molecule has 6 heteroatoms. The van der Waals surface area contributed by atoms with Crippen LogP contribution in [0.2, 0.25) is 0 Å². The Morgan fingerprint density at radius 3 is 2.52 bits per heavy atom. The molecule has 0 unspecified atom stereocenters. The van der Waals surface area contributed by atoms with Crippen LogP contribution in [0.25, 0.3) is 0 Å². The average molecular weight is 409 g/mol. The van der Waals surface area contributed by atoms with Gasteiger partial charge in [-0.1, -0.05) is 60.7 Å². The van der Waals surface area contributed by atoms with Crippen LogP contribution in [0.5, 0.6) is 0 Å². The lowest BCUT2D eigenvalue weighted by Gasteiger charge is -2.28. The fourth-order valence-electron chi connectivity index (χ4n) is 4.70. The molecule has 150 valence electrons. The minimum Gasteiger partial charge on any atom is -0.331 e. The van der Waals surface area contributed by atoms with Gasteiger partial charge in [-0.05, 0) is 17.0 Å². The number of rotatable bonds is 4. The zero-order valence-electron chi connectivity index (χ0n) is 16.1. The maximum atomic E-state index is 13.4. The first-order valence-corrected chi connectivity index (χ1v) is 9.92. The van der Waals surface area contributed by atoms with Gasteiger partial charge >= 0.3 is 0 Å². The Kier molecular flexibility index (Phi) is 5.69. The van der Waals surface area contributed by atoms with E-state index in [1.165, 1.54) is 11.1 Å². The lowest BCUT2D eigenvalue weighted by Crippen LogP contribution is -2.34. The molecule has 2 fully saturated rings. The average Bonchev–Trinajstić information content (AvgIpc) is 3.45. The Labute approximate surface area is 177 Å². The number of carbonyl (C=O) groups excluding carboxylic acids is 1. The smallest absolute Gasteiger partial charge is 0.257 e. The van der Waals surface area contributed by atoms with E-state index < -0.39 is 0 Å². The van der Waals surface area contributed by atoms with Crippen LogP contribution in [0, 0.1) is 11.8 Å². The third-order valence-electron chi connectivity index (χ3n) is 6.03. The summed E-state index contributed by atoms with van der Waals surface area (Å²) in [4.78, 5) is 15.4. The van der Waals surface area contributed by atoms with Crippen LogP contribution >= 0.6 is 12.4 Å². The molecule has 5 nitrogen and oxygen atoms in total. The standard InChI is InChI=1S/C23H24N4O.ClH/c28-23(20-12-25-26(15-20)14-17-7-3-1-4-8-17)27-16-19-11-24-13-21(19)22(27)18-9-5-2-6-10-18;/h1-10,12,15,19,21-22,24H,11,13-14,16H2;1H/t19-,21-,22-;/m0./s1. The number of benzene rings is 2. The SMILES string of the molecule is Cl.O=C(c1cnn(Cc2ccccc2)c1)N1C[C@@H]2CNC[C@@H]2[C@@H]1c1ccccc1. The summed E-state index contributed by atoms with van der Waals surface area (Å²) in [5, 5.41) is 7.93. The molecule has 2 aliphatic heterocycles. The van der Waals surface area contributed by atoms with Crippen LogP contribution in [-0.2, 0) is 6.54 Å². The Balaban J connectivity index is 0.00000205. The first-order chi connectivity index (χ1) is 13.8. The van der Waals surface area contributed by atoms with E-state index in [0.717, 1.165) is 19.6 Å².